The molecular formula is C31H35N7. The summed E-state index contributed by atoms with van der Waals surface area (Å²) in [6.07, 6.45) is 6.68. The molecule has 0 N–H and O–H groups in total. The molecule has 0 aliphatic rings. The summed E-state index contributed by atoms with van der Waals surface area (Å²) in [6.45, 7) is 10.2. The van der Waals surface area contributed by atoms with Gasteiger partial charge in [-0.2, -0.15) is 9.61 Å². The topological polar surface area (TPSA) is 62.5 Å². The van der Waals surface area contributed by atoms with Gasteiger partial charge in [-0.1, -0.05) is 37.3 Å². The van der Waals surface area contributed by atoms with E-state index < -0.39 is 0 Å². The third-order valence-electron chi connectivity index (χ3n) is 6.84. The summed E-state index contributed by atoms with van der Waals surface area (Å²) in [5, 5.41) is 5.00. The van der Waals surface area contributed by atoms with Gasteiger partial charge in [0.25, 0.3) is 0 Å². The van der Waals surface area contributed by atoms with E-state index in [2.05, 4.69) is 85.0 Å². The zero-order chi connectivity index (χ0) is 26.8. The van der Waals surface area contributed by atoms with Gasteiger partial charge >= 0.3 is 0 Å². The van der Waals surface area contributed by atoms with Gasteiger partial charge in [0, 0.05) is 63.1 Å². The SMILES string of the molecule is CCCN(Cc1ccc(-c2cccnc2)cc1)c1cc(C)nc2c(-c3cnc(N(C)C)cc3C)c(C)nn12. The number of aromatic nitrogens is 5. The Balaban J connectivity index is 1.54. The molecule has 0 fully saturated rings. The van der Waals surface area contributed by atoms with Gasteiger partial charge in [-0.3, -0.25) is 4.98 Å². The van der Waals surface area contributed by atoms with Gasteiger partial charge in [0.05, 0.1) is 11.3 Å². The van der Waals surface area contributed by atoms with Crippen molar-refractivity contribution in [2.45, 2.75) is 40.7 Å². The molecule has 0 unspecified atom stereocenters. The Bertz CT molecular complexity index is 1550. The van der Waals surface area contributed by atoms with Crippen molar-refractivity contribution in [2.75, 3.05) is 30.4 Å². The van der Waals surface area contributed by atoms with Gasteiger partial charge in [0.15, 0.2) is 5.65 Å². The summed E-state index contributed by atoms with van der Waals surface area (Å²) in [5.41, 5.74) is 9.60. The maximum absolute atomic E-state index is 5.00. The van der Waals surface area contributed by atoms with Gasteiger partial charge in [-0.15, -0.1) is 0 Å². The van der Waals surface area contributed by atoms with E-state index in [1.807, 2.05) is 42.0 Å². The maximum atomic E-state index is 5.00. The smallest absolute Gasteiger partial charge is 0.165 e. The van der Waals surface area contributed by atoms with Gasteiger partial charge in [0.2, 0.25) is 0 Å². The molecule has 0 saturated carbocycles. The van der Waals surface area contributed by atoms with Crippen molar-refractivity contribution in [1.82, 2.24) is 24.6 Å². The van der Waals surface area contributed by atoms with Crippen molar-refractivity contribution in [1.29, 1.82) is 0 Å². The summed E-state index contributed by atoms with van der Waals surface area (Å²) in [7, 11) is 4.02. The number of pyridine rings is 2. The molecule has 7 nitrogen and oxygen atoms in total. The highest BCUT2D eigenvalue weighted by Gasteiger charge is 2.21. The highest BCUT2D eigenvalue weighted by molar-refractivity contribution is 5.83. The van der Waals surface area contributed by atoms with Crippen molar-refractivity contribution in [3.63, 3.8) is 0 Å². The lowest BCUT2D eigenvalue weighted by atomic mass is 10.0. The lowest BCUT2D eigenvalue weighted by molar-refractivity contribution is 0.728. The molecule has 5 aromatic rings. The predicted molar refractivity (Wildman–Crippen MR) is 156 cm³/mol. The molecule has 194 valence electrons. The van der Waals surface area contributed by atoms with E-state index in [9.17, 15) is 0 Å². The zero-order valence-corrected chi connectivity index (χ0v) is 23.1. The average molecular weight is 506 g/mol. The molecule has 5 rings (SSSR count). The molecule has 4 heterocycles. The lowest BCUT2D eigenvalue weighted by Gasteiger charge is -2.25. The second-order valence-electron chi connectivity index (χ2n) is 10.1. The fourth-order valence-electron chi connectivity index (χ4n) is 4.91. The molecule has 4 aromatic heterocycles. The van der Waals surface area contributed by atoms with E-state index in [-0.39, 0.29) is 0 Å². The second kappa shape index (κ2) is 10.6. The van der Waals surface area contributed by atoms with Crippen molar-refractivity contribution < 1.29 is 0 Å². The minimum absolute atomic E-state index is 0.784. The van der Waals surface area contributed by atoms with Crippen LogP contribution < -0.4 is 9.80 Å². The number of rotatable bonds is 8. The van der Waals surface area contributed by atoms with Gasteiger partial charge in [-0.25, -0.2) is 9.97 Å². The highest BCUT2D eigenvalue weighted by Crippen LogP contribution is 2.33. The Labute approximate surface area is 224 Å². The van der Waals surface area contributed by atoms with Crippen LogP contribution in [-0.4, -0.2) is 45.2 Å². The number of fused-ring (bicyclic) bond motifs is 1. The van der Waals surface area contributed by atoms with Crippen LogP contribution in [-0.2, 0) is 6.54 Å². The van der Waals surface area contributed by atoms with Crippen LogP contribution >= 0.6 is 0 Å². The highest BCUT2D eigenvalue weighted by atomic mass is 15.4. The fourth-order valence-corrected chi connectivity index (χ4v) is 4.91. The molecule has 0 bridgehead atoms. The Hall–Kier alpha value is -4.26. The molecule has 7 heteroatoms. The van der Waals surface area contributed by atoms with Crippen molar-refractivity contribution in [3.05, 3.63) is 89.6 Å². The Morgan fingerprint density at radius 2 is 1.71 bits per heavy atom. The fraction of sp³-hybridized carbons (Fsp3) is 0.290. The summed E-state index contributed by atoms with van der Waals surface area (Å²) in [6, 6.07) is 17.1. The third kappa shape index (κ3) is 4.96. The van der Waals surface area contributed by atoms with Crippen LogP contribution in [0.1, 0.15) is 35.9 Å². The average Bonchev–Trinajstić information content (AvgIpc) is 3.24. The molecule has 0 saturated heterocycles. The second-order valence-corrected chi connectivity index (χ2v) is 10.1. The normalized spacial score (nSPS) is 11.2. The van der Waals surface area contributed by atoms with Gasteiger partial charge in [-0.05, 0) is 61.6 Å². The standard InChI is InChI=1S/C31H35N7/c1-7-15-37(20-24-10-12-25(13-11-24)26-9-8-14-32-18-26)29-17-22(3)34-31-30(23(4)35-38(29)31)27-19-33-28(36(5)6)16-21(27)2/h8-14,16-19H,7,15,20H2,1-6H3. The first-order valence-electron chi connectivity index (χ1n) is 13.1. The van der Waals surface area contributed by atoms with Crippen LogP contribution in [0.3, 0.4) is 0 Å². The number of hydrogen-bond donors (Lipinski definition) is 0. The molecular weight excluding hydrogens is 470 g/mol. The van der Waals surface area contributed by atoms with E-state index in [0.717, 1.165) is 70.4 Å². The first kappa shape index (κ1) is 25.4. The summed E-state index contributed by atoms with van der Waals surface area (Å²) >= 11 is 0. The number of nitrogens with zero attached hydrogens (tertiary/aromatic N) is 7. The van der Waals surface area contributed by atoms with E-state index in [1.54, 1.807) is 6.20 Å². The summed E-state index contributed by atoms with van der Waals surface area (Å²) < 4.78 is 2.01. The zero-order valence-electron chi connectivity index (χ0n) is 23.1. The predicted octanol–water partition coefficient (Wildman–Crippen LogP) is 6.26. The first-order chi connectivity index (χ1) is 18.4. The van der Waals surface area contributed by atoms with Gasteiger partial charge < -0.3 is 9.80 Å². The van der Waals surface area contributed by atoms with E-state index in [4.69, 9.17) is 10.1 Å². The summed E-state index contributed by atoms with van der Waals surface area (Å²) in [4.78, 5) is 18.3. The monoisotopic (exact) mass is 505 g/mol. The minimum Gasteiger partial charge on any atom is -0.363 e. The van der Waals surface area contributed by atoms with Crippen LogP contribution in [0.2, 0.25) is 0 Å². The van der Waals surface area contributed by atoms with Crippen LogP contribution in [0, 0.1) is 20.8 Å². The number of aryl methyl sites for hydroxylation is 3. The maximum Gasteiger partial charge on any atom is 0.165 e. The number of anilines is 2. The van der Waals surface area contributed by atoms with Crippen molar-refractivity contribution in [2.24, 2.45) is 0 Å². The van der Waals surface area contributed by atoms with Crippen molar-refractivity contribution in [3.8, 4) is 22.3 Å². The Morgan fingerprint density at radius 1 is 0.921 bits per heavy atom. The molecule has 0 atom stereocenters. The molecule has 0 radical (unpaired) electrons. The molecule has 0 aliphatic carbocycles. The van der Waals surface area contributed by atoms with E-state index in [0.29, 0.717) is 0 Å². The Morgan fingerprint density at radius 3 is 2.37 bits per heavy atom. The van der Waals surface area contributed by atoms with Crippen molar-refractivity contribution >= 4 is 17.3 Å². The van der Waals surface area contributed by atoms with Crippen LogP contribution in [0.4, 0.5) is 11.6 Å². The Kier molecular flexibility index (Phi) is 7.09. The van der Waals surface area contributed by atoms with Gasteiger partial charge in [0.1, 0.15) is 11.6 Å². The molecule has 0 spiro atoms. The molecule has 1 aromatic carbocycles. The lowest BCUT2D eigenvalue weighted by Crippen LogP contribution is -2.26. The largest absolute Gasteiger partial charge is 0.363 e. The number of benzene rings is 1. The van der Waals surface area contributed by atoms with Crippen LogP contribution in [0.5, 0.6) is 0 Å². The minimum atomic E-state index is 0.784. The molecule has 0 amide bonds. The third-order valence-corrected chi connectivity index (χ3v) is 6.84. The van der Waals surface area contributed by atoms with Crippen LogP contribution in [0.25, 0.3) is 27.9 Å². The molecule has 0 aliphatic heterocycles. The number of hydrogen-bond acceptors (Lipinski definition) is 6. The summed E-state index contributed by atoms with van der Waals surface area (Å²) in [5.74, 6) is 1.99. The molecule has 38 heavy (non-hydrogen) atoms. The first-order valence-corrected chi connectivity index (χ1v) is 13.1. The van der Waals surface area contributed by atoms with E-state index >= 15 is 0 Å². The quantitative estimate of drug-likeness (QED) is 0.248. The van der Waals surface area contributed by atoms with E-state index in [1.165, 1.54) is 11.1 Å². The van der Waals surface area contributed by atoms with Crippen LogP contribution in [0.15, 0.2) is 67.1 Å².